The van der Waals surface area contributed by atoms with Gasteiger partial charge in [-0.15, -0.1) is 0 Å². The first kappa shape index (κ1) is 13.6. The lowest BCUT2D eigenvalue weighted by atomic mass is 9.85. The van der Waals surface area contributed by atoms with E-state index in [1.54, 1.807) is 0 Å². The van der Waals surface area contributed by atoms with Gasteiger partial charge in [0.2, 0.25) is 0 Å². The van der Waals surface area contributed by atoms with E-state index >= 15 is 0 Å². The van der Waals surface area contributed by atoms with Gasteiger partial charge < -0.3 is 4.74 Å². The predicted molar refractivity (Wildman–Crippen MR) is 73.4 cm³/mol. The third-order valence-electron chi connectivity index (χ3n) is 2.61. The summed E-state index contributed by atoms with van der Waals surface area (Å²) in [5.41, 5.74) is 2.74. The largest absolute Gasteiger partial charge is 0.492 e. The zero-order valence-electron chi connectivity index (χ0n) is 10.9. The Hall–Kier alpha value is -0.500. The minimum Gasteiger partial charge on any atom is -0.492 e. The Bertz CT molecular complexity index is 364. The number of aryl methyl sites for hydroxylation is 1. The third kappa shape index (κ3) is 3.00. The molecule has 1 aromatic rings. The van der Waals surface area contributed by atoms with Crippen molar-refractivity contribution in [2.75, 3.05) is 6.61 Å². The molecule has 16 heavy (non-hydrogen) atoms. The summed E-state index contributed by atoms with van der Waals surface area (Å²) in [6, 6.07) is 4.41. The molecule has 0 saturated carbocycles. The fourth-order valence-corrected chi connectivity index (χ4v) is 2.32. The number of halogens is 1. The van der Waals surface area contributed by atoms with Crippen molar-refractivity contribution in [1.29, 1.82) is 0 Å². The van der Waals surface area contributed by atoms with Crippen molar-refractivity contribution in [3.05, 3.63) is 27.7 Å². The number of ether oxygens (including phenoxy) is 1. The highest BCUT2D eigenvalue weighted by Crippen LogP contribution is 2.38. The van der Waals surface area contributed by atoms with E-state index in [2.05, 4.69) is 55.8 Å². The van der Waals surface area contributed by atoms with Gasteiger partial charge in [-0.3, -0.25) is 0 Å². The lowest BCUT2D eigenvalue weighted by Gasteiger charge is -2.24. The van der Waals surface area contributed by atoms with Crippen LogP contribution < -0.4 is 4.74 Å². The highest BCUT2D eigenvalue weighted by atomic mass is 79.9. The summed E-state index contributed by atoms with van der Waals surface area (Å²) in [7, 11) is 0. The van der Waals surface area contributed by atoms with Crippen LogP contribution in [-0.4, -0.2) is 6.61 Å². The van der Waals surface area contributed by atoms with Gasteiger partial charge in [0.05, 0.1) is 11.1 Å². The van der Waals surface area contributed by atoms with Crippen LogP contribution in [0.1, 0.15) is 45.7 Å². The molecular weight excluding hydrogens is 264 g/mol. The van der Waals surface area contributed by atoms with E-state index in [0.29, 0.717) is 6.61 Å². The van der Waals surface area contributed by atoms with Crippen molar-refractivity contribution >= 4 is 15.9 Å². The molecule has 2 heteroatoms. The highest BCUT2D eigenvalue weighted by molar-refractivity contribution is 9.10. The monoisotopic (exact) mass is 284 g/mol. The second-order valence-electron chi connectivity index (χ2n) is 4.99. The summed E-state index contributed by atoms with van der Waals surface area (Å²) in [6.07, 6.45) is 1.05. The van der Waals surface area contributed by atoms with E-state index < -0.39 is 0 Å². The molecule has 0 radical (unpaired) electrons. The molecule has 0 aromatic heterocycles. The summed E-state index contributed by atoms with van der Waals surface area (Å²) in [5.74, 6) is 0.993. The molecule has 0 fully saturated rings. The van der Waals surface area contributed by atoms with Crippen LogP contribution in [0, 0.1) is 0 Å². The average Bonchev–Trinajstić information content (AvgIpc) is 2.19. The van der Waals surface area contributed by atoms with Crippen LogP contribution in [0.15, 0.2) is 16.6 Å². The molecule has 0 unspecified atom stereocenters. The van der Waals surface area contributed by atoms with Crippen LogP contribution in [-0.2, 0) is 11.8 Å². The van der Waals surface area contributed by atoms with Crippen molar-refractivity contribution in [3.8, 4) is 5.75 Å². The molecular formula is C14H21BrO. The standard InChI is InChI=1S/C14H21BrO/c1-6-10-8-11(14(3,4)5)13(16-7-2)12(15)9-10/h8-9H,6-7H2,1-5H3. The fourth-order valence-electron chi connectivity index (χ4n) is 1.70. The SMILES string of the molecule is CCOc1c(Br)cc(CC)cc1C(C)(C)C. The highest BCUT2D eigenvalue weighted by Gasteiger charge is 2.21. The first-order valence-corrected chi connectivity index (χ1v) is 6.65. The molecule has 0 heterocycles. The maximum Gasteiger partial charge on any atom is 0.137 e. The van der Waals surface area contributed by atoms with E-state index in [-0.39, 0.29) is 5.41 Å². The summed E-state index contributed by atoms with van der Waals surface area (Å²) in [5, 5.41) is 0. The lowest BCUT2D eigenvalue weighted by molar-refractivity contribution is 0.327. The zero-order valence-corrected chi connectivity index (χ0v) is 12.4. The molecule has 90 valence electrons. The Labute approximate surface area is 107 Å². The Balaban J connectivity index is 3.34. The molecule has 0 bridgehead atoms. The predicted octanol–water partition coefficient (Wildman–Crippen LogP) is 4.71. The van der Waals surface area contributed by atoms with Crippen LogP contribution >= 0.6 is 15.9 Å². The number of benzene rings is 1. The van der Waals surface area contributed by atoms with E-state index in [4.69, 9.17) is 4.74 Å². The number of rotatable bonds is 3. The van der Waals surface area contributed by atoms with Gasteiger partial charge in [-0.05, 0) is 46.3 Å². The van der Waals surface area contributed by atoms with Gasteiger partial charge in [-0.1, -0.05) is 33.8 Å². The van der Waals surface area contributed by atoms with Crippen molar-refractivity contribution in [3.63, 3.8) is 0 Å². The molecule has 1 nitrogen and oxygen atoms in total. The van der Waals surface area contributed by atoms with Crippen molar-refractivity contribution < 1.29 is 4.74 Å². The van der Waals surface area contributed by atoms with Crippen LogP contribution in [0.2, 0.25) is 0 Å². The van der Waals surface area contributed by atoms with Crippen LogP contribution in [0.3, 0.4) is 0 Å². The van der Waals surface area contributed by atoms with Crippen molar-refractivity contribution in [2.45, 2.75) is 46.5 Å². The fraction of sp³-hybridized carbons (Fsp3) is 0.571. The van der Waals surface area contributed by atoms with Crippen molar-refractivity contribution in [1.82, 2.24) is 0 Å². The summed E-state index contributed by atoms with van der Waals surface area (Å²) in [6.45, 7) is 11.6. The van der Waals surface area contributed by atoms with Crippen LogP contribution in [0.5, 0.6) is 5.75 Å². The topological polar surface area (TPSA) is 9.23 Å². The Morgan fingerprint density at radius 2 is 1.81 bits per heavy atom. The van der Waals surface area contributed by atoms with Crippen LogP contribution in [0.4, 0.5) is 0 Å². The maximum atomic E-state index is 5.75. The molecule has 0 amide bonds. The molecule has 1 aromatic carbocycles. The molecule has 0 N–H and O–H groups in total. The van der Waals surface area contributed by atoms with Gasteiger partial charge in [-0.2, -0.15) is 0 Å². The van der Waals surface area contributed by atoms with Crippen molar-refractivity contribution in [2.24, 2.45) is 0 Å². The molecule has 1 rings (SSSR count). The second-order valence-corrected chi connectivity index (χ2v) is 5.85. The molecule has 0 atom stereocenters. The number of hydrogen-bond donors (Lipinski definition) is 0. The Morgan fingerprint density at radius 3 is 2.25 bits per heavy atom. The molecule has 0 saturated heterocycles. The first-order valence-electron chi connectivity index (χ1n) is 5.85. The van der Waals surface area contributed by atoms with Gasteiger partial charge in [0.1, 0.15) is 5.75 Å². The summed E-state index contributed by atoms with van der Waals surface area (Å²) < 4.78 is 6.82. The van der Waals surface area contributed by atoms with Gasteiger partial charge in [0, 0.05) is 5.56 Å². The number of hydrogen-bond acceptors (Lipinski definition) is 1. The van der Waals surface area contributed by atoms with E-state index in [9.17, 15) is 0 Å². The summed E-state index contributed by atoms with van der Waals surface area (Å²) >= 11 is 3.61. The van der Waals surface area contributed by atoms with E-state index in [0.717, 1.165) is 16.6 Å². The second kappa shape index (κ2) is 5.22. The smallest absolute Gasteiger partial charge is 0.137 e. The molecule has 0 aliphatic rings. The van der Waals surface area contributed by atoms with E-state index in [1.807, 2.05) is 6.92 Å². The third-order valence-corrected chi connectivity index (χ3v) is 3.20. The minimum atomic E-state index is 0.109. The molecule has 0 spiro atoms. The zero-order chi connectivity index (χ0) is 12.3. The lowest BCUT2D eigenvalue weighted by Crippen LogP contribution is -2.14. The van der Waals surface area contributed by atoms with Gasteiger partial charge >= 0.3 is 0 Å². The average molecular weight is 285 g/mol. The quantitative estimate of drug-likeness (QED) is 0.781. The Kier molecular flexibility index (Phi) is 4.43. The molecule has 0 aliphatic heterocycles. The molecule has 0 aliphatic carbocycles. The van der Waals surface area contributed by atoms with Crippen LogP contribution in [0.25, 0.3) is 0 Å². The maximum absolute atomic E-state index is 5.75. The normalized spacial score (nSPS) is 11.6. The first-order chi connectivity index (χ1) is 7.40. The van der Waals surface area contributed by atoms with E-state index in [1.165, 1.54) is 11.1 Å². The van der Waals surface area contributed by atoms with Gasteiger partial charge in [0.25, 0.3) is 0 Å². The van der Waals surface area contributed by atoms with Gasteiger partial charge in [0.15, 0.2) is 0 Å². The minimum absolute atomic E-state index is 0.109. The van der Waals surface area contributed by atoms with Gasteiger partial charge in [-0.25, -0.2) is 0 Å². The Morgan fingerprint density at radius 1 is 1.19 bits per heavy atom. The summed E-state index contributed by atoms with van der Waals surface area (Å²) in [4.78, 5) is 0.